The van der Waals surface area contributed by atoms with E-state index in [0.29, 0.717) is 0 Å². The summed E-state index contributed by atoms with van der Waals surface area (Å²) in [4.78, 5) is 7.75. The summed E-state index contributed by atoms with van der Waals surface area (Å²) in [5.41, 5.74) is 26.0. The van der Waals surface area contributed by atoms with Gasteiger partial charge in [0.15, 0.2) is 6.29 Å². The second-order valence-electron chi connectivity index (χ2n) is 6.26. The first-order chi connectivity index (χ1) is 13.4. The zero-order chi connectivity index (χ0) is 20.8. The van der Waals surface area contributed by atoms with Crippen LogP contribution in [-0.4, -0.2) is 93.2 Å². The minimum absolute atomic E-state index is 0.162. The number of ether oxygens (including phenoxy) is 2. The van der Waals surface area contributed by atoms with Crippen molar-refractivity contribution >= 4 is 0 Å². The summed E-state index contributed by atoms with van der Waals surface area (Å²) in [6.07, 6.45) is -10.9. The SMILES string of the molecule is [N-]=[N+]=NC1C(O)[C@H](O)C(CO)O[C@@H]1O[C@@H]1C(N=[N+]=[N-])C[C@@H](N=[N+]=[N-])C(O)C1O. The van der Waals surface area contributed by atoms with Gasteiger partial charge in [0.05, 0.1) is 37.0 Å². The molecule has 5 N–H and O–H groups in total. The summed E-state index contributed by atoms with van der Waals surface area (Å²) in [5, 5.41) is 60.0. The van der Waals surface area contributed by atoms with Crippen molar-refractivity contribution in [3.05, 3.63) is 31.3 Å². The minimum atomic E-state index is -1.69. The van der Waals surface area contributed by atoms with Crippen molar-refractivity contribution in [1.82, 2.24) is 0 Å². The van der Waals surface area contributed by atoms with Gasteiger partial charge in [-0.15, -0.1) is 0 Å². The van der Waals surface area contributed by atoms with E-state index in [1.54, 1.807) is 0 Å². The van der Waals surface area contributed by atoms with Crippen LogP contribution in [-0.2, 0) is 9.47 Å². The highest BCUT2D eigenvalue weighted by Gasteiger charge is 2.49. The lowest BCUT2D eigenvalue weighted by Crippen LogP contribution is -2.62. The van der Waals surface area contributed by atoms with Crippen molar-refractivity contribution in [2.75, 3.05) is 6.61 Å². The maximum absolute atomic E-state index is 10.4. The molecule has 1 aliphatic carbocycles. The van der Waals surface area contributed by atoms with Crippen LogP contribution >= 0.6 is 0 Å². The van der Waals surface area contributed by atoms with Crippen molar-refractivity contribution < 1.29 is 35.0 Å². The van der Waals surface area contributed by atoms with E-state index in [-0.39, 0.29) is 6.42 Å². The third-order valence-corrected chi connectivity index (χ3v) is 4.67. The predicted molar refractivity (Wildman–Crippen MR) is 88.1 cm³/mol. The lowest BCUT2D eigenvalue weighted by Gasteiger charge is -2.45. The molecular formula is C12H19N9O7. The van der Waals surface area contributed by atoms with E-state index in [2.05, 4.69) is 30.1 Å². The van der Waals surface area contributed by atoms with Crippen molar-refractivity contribution in [2.24, 2.45) is 15.3 Å². The maximum Gasteiger partial charge on any atom is 0.169 e. The molecule has 1 aliphatic heterocycles. The summed E-state index contributed by atoms with van der Waals surface area (Å²) >= 11 is 0. The van der Waals surface area contributed by atoms with Crippen molar-refractivity contribution in [3.63, 3.8) is 0 Å². The number of aliphatic hydroxyl groups is 5. The Morgan fingerprint density at radius 3 is 2.04 bits per heavy atom. The van der Waals surface area contributed by atoms with E-state index < -0.39 is 67.6 Å². The quantitative estimate of drug-likeness (QED) is 0.209. The van der Waals surface area contributed by atoms with E-state index in [9.17, 15) is 25.5 Å². The standard InChI is InChI=1S/C12H19N9O7/c13-19-16-3-1-4(17-20-14)11(10(26)7(3)23)28-12-6(18-21-15)9(25)8(24)5(2-22)27-12/h3-12,22-26H,1-2H2/t3-,4?,5?,6?,7?,8-,9?,10?,11-,12-/m1/s1. The molecular weight excluding hydrogens is 382 g/mol. The van der Waals surface area contributed by atoms with E-state index in [4.69, 9.17) is 26.1 Å². The van der Waals surface area contributed by atoms with Crippen molar-refractivity contribution in [2.45, 2.75) is 67.5 Å². The molecule has 10 atom stereocenters. The van der Waals surface area contributed by atoms with Gasteiger partial charge in [0.2, 0.25) is 0 Å². The Bertz CT molecular complexity index is 693. The van der Waals surface area contributed by atoms with Gasteiger partial charge in [-0.2, -0.15) is 0 Å². The van der Waals surface area contributed by atoms with Crippen LogP contribution in [0, 0.1) is 0 Å². The Kier molecular flexibility index (Phi) is 7.62. The molecule has 2 aliphatic rings. The zero-order valence-electron chi connectivity index (χ0n) is 14.3. The molecule has 0 aromatic carbocycles. The van der Waals surface area contributed by atoms with Gasteiger partial charge < -0.3 is 35.0 Å². The molecule has 0 bridgehead atoms. The van der Waals surface area contributed by atoms with E-state index >= 15 is 0 Å². The summed E-state index contributed by atoms with van der Waals surface area (Å²) in [6.45, 7) is -0.699. The fraction of sp³-hybridized carbons (Fsp3) is 1.00. The summed E-state index contributed by atoms with van der Waals surface area (Å²) in [5.74, 6) is 0. The van der Waals surface area contributed by atoms with Crippen LogP contribution in [0.3, 0.4) is 0 Å². The van der Waals surface area contributed by atoms with Crippen LogP contribution in [0.15, 0.2) is 15.3 Å². The van der Waals surface area contributed by atoms with Crippen LogP contribution in [0.5, 0.6) is 0 Å². The second-order valence-corrected chi connectivity index (χ2v) is 6.26. The van der Waals surface area contributed by atoms with Crippen LogP contribution in [0.2, 0.25) is 0 Å². The molecule has 6 unspecified atom stereocenters. The van der Waals surface area contributed by atoms with Crippen molar-refractivity contribution in [1.29, 1.82) is 0 Å². The topological polar surface area (TPSA) is 266 Å². The highest BCUT2D eigenvalue weighted by Crippen LogP contribution is 2.32. The molecule has 154 valence electrons. The predicted octanol–water partition coefficient (Wildman–Crippen LogP) is -1.03. The van der Waals surface area contributed by atoms with Crippen LogP contribution < -0.4 is 0 Å². The Labute approximate surface area is 156 Å². The highest BCUT2D eigenvalue weighted by atomic mass is 16.7. The molecule has 0 radical (unpaired) electrons. The smallest absolute Gasteiger partial charge is 0.169 e. The lowest BCUT2D eigenvalue weighted by molar-refractivity contribution is -0.293. The second kappa shape index (κ2) is 9.73. The van der Waals surface area contributed by atoms with Gasteiger partial charge in [-0.05, 0) is 23.0 Å². The molecule has 2 fully saturated rings. The molecule has 1 heterocycles. The van der Waals surface area contributed by atoms with Crippen LogP contribution in [0.25, 0.3) is 31.3 Å². The normalized spacial score (nSPS) is 43.2. The molecule has 0 amide bonds. The van der Waals surface area contributed by atoms with Crippen molar-refractivity contribution in [3.8, 4) is 0 Å². The largest absolute Gasteiger partial charge is 0.394 e. The monoisotopic (exact) mass is 401 g/mol. The van der Waals surface area contributed by atoms with Gasteiger partial charge in [0.1, 0.15) is 24.4 Å². The zero-order valence-corrected chi connectivity index (χ0v) is 14.3. The van der Waals surface area contributed by atoms with E-state index in [1.807, 2.05) is 0 Å². The highest BCUT2D eigenvalue weighted by molar-refractivity contribution is 5.02. The molecule has 28 heavy (non-hydrogen) atoms. The van der Waals surface area contributed by atoms with Gasteiger partial charge in [-0.3, -0.25) is 0 Å². The molecule has 0 spiro atoms. The third kappa shape index (κ3) is 4.38. The molecule has 1 saturated carbocycles. The Morgan fingerprint density at radius 2 is 1.46 bits per heavy atom. The number of nitrogens with zero attached hydrogens (tertiary/aromatic N) is 9. The number of rotatable bonds is 6. The van der Waals surface area contributed by atoms with E-state index in [0.717, 1.165) is 0 Å². The first-order valence-corrected chi connectivity index (χ1v) is 8.16. The lowest BCUT2D eigenvalue weighted by atomic mass is 9.84. The van der Waals surface area contributed by atoms with Gasteiger partial charge >= 0.3 is 0 Å². The Balaban J connectivity index is 2.31. The molecule has 0 aromatic heterocycles. The number of hydrogen-bond acceptors (Lipinski definition) is 10. The van der Waals surface area contributed by atoms with Gasteiger partial charge in [0.25, 0.3) is 0 Å². The van der Waals surface area contributed by atoms with Crippen LogP contribution in [0.4, 0.5) is 0 Å². The molecule has 16 heteroatoms. The fourth-order valence-corrected chi connectivity index (χ4v) is 3.22. The van der Waals surface area contributed by atoms with E-state index in [1.165, 1.54) is 0 Å². The number of hydrogen-bond donors (Lipinski definition) is 5. The number of aliphatic hydroxyl groups excluding tert-OH is 5. The van der Waals surface area contributed by atoms with Crippen LogP contribution in [0.1, 0.15) is 6.42 Å². The minimum Gasteiger partial charge on any atom is -0.394 e. The van der Waals surface area contributed by atoms with Gasteiger partial charge in [0, 0.05) is 14.7 Å². The summed E-state index contributed by atoms with van der Waals surface area (Å²) in [7, 11) is 0. The maximum atomic E-state index is 10.4. The molecule has 2 rings (SSSR count). The Morgan fingerprint density at radius 1 is 0.857 bits per heavy atom. The number of azide groups is 3. The molecule has 0 aromatic rings. The van der Waals surface area contributed by atoms with Gasteiger partial charge in [-0.25, -0.2) is 0 Å². The average molecular weight is 401 g/mol. The average Bonchev–Trinajstić information content (AvgIpc) is 2.68. The fourth-order valence-electron chi connectivity index (χ4n) is 3.22. The first kappa shape index (κ1) is 21.9. The van der Waals surface area contributed by atoms with Gasteiger partial charge in [-0.1, -0.05) is 15.3 Å². The summed E-state index contributed by atoms with van der Waals surface area (Å²) in [6, 6.07) is -3.66. The Hall–Kier alpha value is -2.35. The molecule has 16 nitrogen and oxygen atoms in total. The molecule has 1 saturated heterocycles. The summed E-state index contributed by atoms with van der Waals surface area (Å²) < 4.78 is 10.9. The first-order valence-electron chi connectivity index (χ1n) is 8.16. The third-order valence-electron chi connectivity index (χ3n) is 4.67.